The molecule has 0 saturated heterocycles. The van der Waals surface area contributed by atoms with Gasteiger partial charge in [-0.25, -0.2) is 4.79 Å². The Morgan fingerprint density at radius 2 is 1.67 bits per heavy atom. The van der Waals surface area contributed by atoms with Gasteiger partial charge in [0, 0.05) is 12.0 Å². The predicted octanol–water partition coefficient (Wildman–Crippen LogP) is 3.23. The first kappa shape index (κ1) is 10.8. The van der Waals surface area contributed by atoms with Gasteiger partial charge < -0.3 is 4.74 Å². The number of carbonyl (C=O) groups is 1. The number of esters is 1. The molecule has 3 rings (SSSR count). The zero-order valence-corrected chi connectivity index (χ0v) is 9.80. The lowest BCUT2D eigenvalue weighted by Gasteiger charge is -2.04. The molecule has 0 aromatic heterocycles. The first-order valence-corrected chi connectivity index (χ1v) is 5.88. The van der Waals surface area contributed by atoms with Gasteiger partial charge in [-0.3, -0.25) is 0 Å². The molecule has 0 bridgehead atoms. The Morgan fingerprint density at radius 1 is 0.944 bits per heavy atom. The number of para-hydroxylation sites is 1. The number of hydrogen-bond acceptors (Lipinski definition) is 2. The number of hydrogen-bond donors (Lipinski definition) is 0. The second-order valence-corrected chi connectivity index (χ2v) is 4.25. The molecule has 2 heteroatoms. The van der Waals surface area contributed by atoms with E-state index in [0.717, 1.165) is 5.56 Å². The Morgan fingerprint density at radius 3 is 2.44 bits per heavy atom. The van der Waals surface area contributed by atoms with E-state index in [-0.39, 0.29) is 5.97 Å². The quantitative estimate of drug-likeness (QED) is 0.591. The second kappa shape index (κ2) is 4.49. The van der Waals surface area contributed by atoms with Gasteiger partial charge >= 0.3 is 5.97 Å². The Hall–Kier alpha value is -2.35. The molecule has 1 aliphatic rings. The van der Waals surface area contributed by atoms with Crippen LogP contribution in [0.3, 0.4) is 0 Å². The van der Waals surface area contributed by atoms with Crippen LogP contribution in [0.25, 0.3) is 6.08 Å². The van der Waals surface area contributed by atoms with E-state index in [1.807, 2.05) is 48.5 Å². The molecule has 88 valence electrons. The van der Waals surface area contributed by atoms with Crippen molar-refractivity contribution in [2.75, 3.05) is 0 Å². The maximum absolute atomic E-state index is 12.0. The van der Waals surface area contributed by atoms with Gasteiger partial charge in [0.25, 0.3) is 0 Å². The van der Waals surface area contributed by atoms with Gasteiger partial charge in [0.05, 0.1) is 0 Å². The highest BCUT2D eigenvalue weighted by atomic mass is 16.5. The molecule has 0 atom stereocenters. The molecule has 0 radical (unpaired) electrons. The minimum absolute atomic E-state index is 0.266. The second-order valence-electron chi connectivity index (χ2n) is 4.25. The average molecular weight is 236 g/mol. The van der Waals surface area contributed by atoms with E-state index in [4.69, 9.17) is 4.74 Å². The maximum atomic E-state index is 12.0. The van der Waals surface area contributed by atoms with Gasteiger partial charge in [-0.2, -0.15) is 0 Å². The van der Waals surface area contributed by atoms with Crippen molar-refractivity contribution < 1.29 is 9.53 Å². The van der Waals surface area contributed by atoms with Crippen molar-refractivity contribution in [2.24, 2.45) is 0 Å². The lowest BCUT2D eigenvalue weighted by molar-refractivity contribution is -0.130. The smallest absolute Gasteiger partial charge is 0.339 e. The van der Waals surface area contributed by atoms with Crippen LogP contribution in [0.2, 0.25) is 0 Å². The summed E-state index contributed by atoms with van der Waals surface area (Å²) in [5, 5.41) is 0. The van der Waals surface area contributed by atoms with Crippen LogP contribution < -0.4 is 4.74 Å². The van der Waals surface area contributed by atoms with Crippen LogP contribution in [0.5, 0.6) is 5.75 Å². The molecule has 0 saturated carbocycles. The van der Waals surface area contributed by atoms with Crippen LogP contribution in [0, 0.1) is 0 Å². The SMILES string of the molecule is O=C(Oc1ccccc1)C1=Cc2ccccc2C1. The van der Waals surface area contributed by atoms with Crippen LogP contribution >= 0.6 is 0 Å². The van der Waals surface area contributed by atoms with E-state index < -0.39 is 0 Å². The van der Waals surface area contributed by atoms with Crippen LogP contribution in [0.4, 0.5) is 0 Å². The predicted molar refractivity (Wildman–Crippen MR) is 70.2 cm³/mol. The Labute approximate surface area is 106 Å². The van der Waals surface area contributed by atoms with Crippen LogP contribution in [0.15, 0.2) is 60.2 Å². The molecule has 0 aliphatic heterocycles. The van der Waals surface area contributed by atoms with Crippen LogP contribution in [-0.4, -0.2) is 5.97 Å². The molecule has 2 aromatic rings. The van der Waals surface area contributed by atoms with Gasteiger partial charge in [-0.15, -0.1) is 0 Å². The molecule has 0 spiro atoms. The summed E-state index contributed by atoms with van der Waals surface area (Å²) in [5.41, 5.74) is 3.00. The number of benzene rings is 2. The van der Waals surface area contributed by atoms with Crippen molar-refractivity contribution in [1.82, 2.24) is 0 Å². The third-order valence-electron chi connectivity index (χ3n) is 2.98. The Kier molecular flexibility index (Phi) is 2.69. The Bertz CT molecular complexity index is 612. The van der Waals surface area contributed by atoms with Crippen molar-refractivity contribution in [3.8, 4) is 5.75 Å². The van der Waals surface area contributed by atoms with E-state index >= 15 is 0 Å². The lowest BCUT2D eigenvalue weighted by Crippen LogP contribution is -2.10. The zero-order chi connectivity index (χ0) is 12.4. The minimum atomic E-state index is -0.266. The normalized spacial score (nSPS) is 12.8. The molecule has 1 aliphatic carbocycles. The number of fused-ring (bicyclic) bond motifs is 1. The number of carbonyl (C=O) groups excluding carboxylic acids is 1. The lowest BCUT2D eigenvalue weighted by atomic mass is 10.1. The molecule has 2 aromatic carbocycles. The largest absolute Gasteiger partial charge is 0.423 e. The fraction of sp³-hybridized carbons (Fsp3) is 0.0625. The summed E-state index contributed by atoms with van der Waals surface area (Å²) in [7, 11) is 0. The monoisotopic (exact) mass is 236 g/mol. The van der Waals surface area contributed by atoms with E-state index in [1.165, 1.54) is 5.56 Å². The molecule has 0 heterocycles. The highest BCUT2D eigenvalue weighted by Gasteiger charge is 2.19. The summed E-state index contributed by atoms with van der Waals surface area (Å²) in [4.78, 5) is 12.0. The highest BCUT2D eigenvalue weighted by Crippen LogP contribution is 2.25. The summed E-state index contributed by atoms with van der Waals surface area (Å²) >= 11 is 0. The van der Waals surface area contributed by atoms with E-state index in [9.17, 15) is 4.79 Å². The summed E-state index contributed by atoms with van der Waals surface area (Å²) in [6.45, 7) is 0. The third kappa shape index (κ3) is 2.05. The maximum Gasteiger partial charge on any atom is 0.339 e. The number of rotatable bonds is 2. The van der Waals surface area contributed by atoms with Crippen LogP contribution in [-0.2, 0) is 11.2 Å². The summed E-state index contributed by atoms with van der Waals surface area (Å²) in [6, 6.07) is 17.1. The zero-order valence-electron chi connectivity index (χ0n) is 9.80. The van der Waals surface area contributed by atoms with E-state index in [1.54, 1.807) is 12.1 Å². The van der Waals surface area contributed by atoms with Gasteiger partial charge in [0.2, 0.25) is 0 Å². The molecule has 0 amide bonds. The highest BCUT2D eigenvalue weighted by molar-refractivity contribution is 5.97. The molecular formula is C16H12O2. The first-order valence-electron chi connectivity index (χ1n) is 5.88. The molecule has 18 heavy (non-hydrogen) atoms. The van der Waals surface area contributed by atoms with Crippen molar-refractivity contribution in [3.63, 3.8) is 0 Å². The van der Waals surface area contributed by atoms with Crippen molar-refractivity contribution >= 4 is 12.0 Å². The van der Waals surface area contributed by atoms with E-state index in [0.29, 0.717) is 17.7 Å². The molecule has 0 N–H and O–H groups in total. The summed E-state index contributed by atoms with van der Waals surface area (Å²) in [5.74, 6) is 0.316. The van der Waals surface area contributed by atoms with Gasteiger partial charge in [0.15, 0.2) is 0 Å². The number of ether oxygens (including phenoxy) is 1. The fourth-order valence-electron chi connectivity index (χ4n) is 2.07. The Balaban J connectivity index is 1.77. The average Bonchev–Trinajstić information content (AvgIpc) is 2.84. The molecule has 2 nitrogen and oxygen atoms in total. The van der Waals surface area contributed by atoms with Crippen LogP contribution in [0.1, 0.15) is 11.1 Å². The summed E-state index contributed by atoms with van der Waals surface area (Å²) in [6.07, 6.45) is 2.56. The van der Waals surface area contributed by atoms with Gasteiger partial charge in [0.1, 0.15) is 5.75 Å². The molecule has 0 unspecified atom stereocenters. The first-order chi connectivity index (χ1) is 8.83. The third-order valence-corrected chi connectivity index (χ3v) is 2.98. The van der Waals surface area contributed by atoms with Gasteiger partial charge in [-0.05, 0) is 29.3 Å². The topological polar surface area (TPSA) is 26.3 Å². The summed E-state index contributed by atoms with van der Waals surface area (Å²) < 4.78 is 5.32. The van der Waals surface area contributed by atoms with Gasteiger partial charge in [-0.1, -0.05) is 42.5 Å². The van der Waals surface area contributed by atoms with Crippen molar-refractivity contribution in [1.29, 1.82) is 0 Å². The molecule has 0 fully saturated rings. The van der Waals surface area contributed by atoms with E-state index in [2.05, 4.69) is 0 Å². The molecular weight excluding hydrogens is 224 g/mol. The van der Waals surface area contributed by atoms with Crippen molar-refractivity contribution in [3.05, 3.63) is 71.3 Å². The van der Waals surface area contributed by atoms with Crippen molar-refractivity contribution in [2.45, 2.75) is 6.42 Å². The fourth-order valence-corrected chi connectivity index (χ4v) is 2.07. The standard InChI is InChI=1S/C16H12O2/c17-16(18-15-8-2-1-3-9-15)14-10-12-6-4-5-7-13(12)11-14/h1-10H,11H2. The minimum Gasteiger partial charge on any atom is -0.423 e.